The molecule has 1 aliphatic carbocycles. The molecule has 0 radical (unpaired) electrons. The Kier molecular flexibility index (Phi) is 4.74. The van der Waals surface area contributed by atoms with Crippen molar-refractivity contribution in [1.29, 1.82) is 0 Å². The van der Waals surface area contributed by atoms with E-state index in [2.05, 4.69) is 33.6 Å². The number of nitrogens with zero attached hydrogens (tertiary/aromatic N) is 5. The van der Waals surface area contributed by atoms with E-state index in [0.29, 0.717) is 12.1 Å². The Hall–Kier alpha value is -1.89. The molecule has 2 aromatic rings. The van der Waals surface area contributed by atoms with Crippen molar-refractivity contribution < 1.29 is 4.74 Å². The van der Waals surface area contributed by atoms with Gasteiger partial charge < -0.3 is 19.5 Å². The first-order valence-electron chi connectivity index (χ1n) is 9.56. The standard InChI is InChI=1S/C18H28N6O/c1-13(2)24-12-19-15-16(23-8-10-25-11-9-23)21-18(22-17(15)24)20-14-6-4-3-5-7-14/h12-14H,3-11H2,1-2H3,(H,20,21,22). The van der Waals surface area contributed by atoms with Crippen LogP contribution in [-0.2, 0) is 4.74 Å². The van der Waals surface area contributed by atoms with Gasteiger partial charge in [-0.1, -0.05) is 19.3 Å². The summed E-state index contributed by atoms with van der Waals surface area (Å²) in [6.45, 7) is 7.49. The molecule has 1 N–H and O–H groups in total. The van der Waals surface area contributed by atoms with E-state index in [0.717, 1.165) is 49.2 Å². The highest BCUT2D eigenvalue weighted by atomic mass is 16.5. The minimum absolute atomic E-state index is 0.319. The number of anilines is 2. The predicted octanol–water partition coefficient (Wildman–Crippen LogP) is 2.99. The third-order valence-corrected chi connectivity index (χ3v) is 5.21. The average Bonchev–Trinajstić information content (AvgIpc) is 3.07. The zero-order valence-electron chi connectivity index (χ0n) is 15.2. The minimum Gasteiger partial charge on any atom is -0.378 e. The van der Waals surface area contributed by atoms with Crippen molar-refractivity contribution >= 4 is 22.9 Å². The maximum atomic E-state index is 5.50. The first kappa shape index (κ1) is 16.6. The molecule has 3 heterocycles. The number of hydrogen-bond acceptors (Lipinski definition) is 6. The lowest BCUT2D eigenvalue weighted by molar-refractivity contribution is 0.122. The normalized spacial score (nSPS) is 19.7. The van der Waals surface area contributed by atoms with Crippen LogP contribution in [0.5, 0.6) is 0 Å². The van der Waals surface area contributed by atoms with E-state index >= 15 is 0 Å². The van der Waals surface area contributed by atoms with E-state index < -0.39 is 0 Å². The first-order chi connectivity index (χ1) is 12.2. The van der Waals surface area contributed by atoms with Crippen LogP contribution >= 0.6 is 0 Å². The Morgan fingerprint density at radius 1 is 1.12 bits per heavy atom. The summed E-state index contributed by atoms with van der Waals surface area (Å²) < 4.78 is 7.63. The molecule has 0 bridgehead atoms. The van der Waals surface area contributed by atoms with Crippen LogP contribution < -0.4 is 10.2 Å². The van der Waals surface area contributed by atoms with Crippen LogP contribution in [0.25, 0.3) is 11.2 Å². The summed E-state index contributed by atoms with van der Waals surface area (Å²) in [4.78, 5) is 16.6. The van der Waals surface area contributed by atoms with Gasteiger partial charge in [0.05, 0.1) is 19.5 Å². The summed E-state index contributed by atoms with van der Waals surface area (Å²) in [5.74, 6) is 1.68. The number of nitrogens with one attached hydrogen (secondary N) is 1. The molecule has 0 aromatic carbocycles. The highest BCUT2D eigenvalue weighted by Gasteiger charge is 2.22. The second kappa shape index (κ2) is 7.15. The molecular weight excluding hydrogens is 316 g/mol. The van der Waals surface area contributed by atoms with E-state index in [-0.39, 0.29) is 0 Å². The van der Waals surface area contributed by atoms with Crippen molar-refractivity contribution in [3.05, 3.63) is 6.33 Å². The van der Waals surface area contributed by atoms with Gasteiger partial charge in [-0.15, -0.1) is 0 Å². The molecule has 4 rings (SSSR count). The van der Waals surface area contributed by atoms with Gasteiger partial charge in [0.25, 0.3) is 0 Å². The molecule has 136 valence electrons. The van der Waals surface area contributed by atoms with Gasteiger partial charge in [0.2, 0.25) is 5.95 Å². The smallest absolute Gasteiger partial charge is 0.227 e. The summed E-state index contributed by atoms with van der Waals surface area (Å²) in [7, 11) is 0. The third-order valence-electron chi connectivity index (χ3n) is 5.21. The quantitative estimate of drug-likeness (QED) is 0.920. The topological polar surface area (TPSA) is 68.1 Å². The molecule has 0 unspecified atom stereocenters. The summed E-state index contributed by atoms with van der Waals surface area (Å²) in [6.07, 6.45) is 8.23. The van der Waals surface area contributed by atoms with E-state index in [9.17, 15) is 0 Å². The molecule has 2 aromatic heterocycles. The molecule has 7 nitrogen and oxygen atoms in total. The molecule has 7 heteroatoms. The Morgan fingerprint density at radius 3 is 2.60 bits per heavy atom. The number of fused-ring (bicyclic) bond motifs is 1. The van der Waals surface area contributed by atoms with E-state index in [1.165, 1.54) is 32.1 Å². The Balaban J connectivity index is 1.72. The van der Waals surface area contributed by atoms with Crippen LogP contribution in [0.3, 0.4) is 0 Å². The largest absolute Gasteiger partial charge is 0.378 e. The SMILES string of the molecule is CC(C)n1cnc2c(N3CCOCC3)nc(NC3CCCCC3)nc21. The van der Waals surface area contributed by atoms with E-state index in [4.69, 9.17) is 14.7 Å². The fourth-order valence-corrected chi connectivity index (χ4v) is 3.77. The van der Waals surface area contributed by atoms with Crippen molar-refractivity contribution in [2.75, 3.05) is 36.5 Å². The molecule has 1 saturated carbocycles. The maximum absolute atomic E-state index is 5.50. The Morgan fingerprint density at radius 2 is 1.88 bits per heavy atom. The molecule has 0 atom stereocenters. The van der Waals surface area contributed by atoms with Gasteiger partial charge in [-0.25, -0.2) is 4.98 Å². The maximum Gasteiger partial charge on any atom is 0.227 e. The van der Waals surface area contributed by atoms with Gasteiger partial charge >= 0.3 is 0 Å². The number of aromatic nitrogens is 4. The number of rotatable bonds is 4. The second-order valence-electron chi connectivity index (χ2n) is 7.37. The van der Waals surface area contributed by atoms with Crippen molar-refractivity contribution in [3.63, 3.8) is 0 Å². The average molecular weight is 344 g/mol. The number of imidazole rings is 1. The lowest BCUT2D eigenvalue weighted by Gasteiger charge is -2.29. The van der Waals surface area contributed by atoms with Gasteiger partial charge in [0.1, 0.15) is 0 Å². The van der Waals surface area contributed by atoms with Gasteiger partial charge in [0.15, 0.2) is 17.0 Å². The number of morpholine rings is 1. The zero-order valence-corrected chi connectivity index (χ0v) is 15.2. The monoisotopic (exact) mass is 344 g/mol. The number of hydrogen-bond donors (Lipinski definition) is 1. The van der Waals surface area contributed by atoms with Gasteiger partial charge in [-0.2, -0.15) is 9.97 Å². The third kappa shape index (κ3) is 3.42. The Labute approximate surface area is 148 Å². The van der Waals surface area contributed by atoms with Crippen molar-refractivity contribution in [2.45, 2.75) is 58.0 Å². The van der Waals surface area contributed by atoms with Gasteiger partial charge in [0, 0.05) is 25.2 Å². The van der Waals surface area contributed by atoms with Crippen LogP contribution in [0, 0.1) is 0 Å². The second-order valence-corrected chi connectivity index (χ2v) is 7.37. The molecule has 25 heavy (non-hydrogen) atoms. The zero-order chi connectivity index (χ0) is 17.2. The predicted molar refractivity (Wildman–Crippen MR) is 99.2 cm³/mol. The summed E-state index contributed by atoms with van der Waals surface area (Å²) >= 11 is 0. The molecular formula is C18H28N6O. The summed E-state index contributed by atoms with van der Waals surface area (Å²) in [6, 6.07) is 0.805. The van der Waals surface area contributed by atoms with Crippen molar-refractivity contribution in [1.82, 2.24) is 19.5 Å². The highest BCUT2D eigenvalue weighted by molar-refractivity contribution is 5.85. The van der Waals surface area contributed by atoms with Gasteiger partial charge in [-0.05, 0) is 26.7 Å². The summed E-state index contributed by atoms with van der Waals surface area (Å²) in [5.41, 5.74) is 1.81. The van der Waals surface area contributed by atoms with Crippen molar-refractivity contribution in [2.24, 2.45) is 0 Å². The molecule has 1 aliphatic heterocycles. The molecule has 2 aliphatic rings. The van der Waals surface area contributed by atoms with Gasteiger partial charge in [-0.3, -0.25) is 0 Å². The van der Waals surface area contributed by atoms with E-state index in [1.54, 1.807) is 0 Å². The highest BCUT2D eigenvalue weighted by Crippen LogP contribution is 2.28. The molecule has 2 fully saturated rings. The molecule has 1 saturated heterocycles. The van der Waals surface area contributed by atoms with Crippen LogP contribution in [-0.4, -0.2) is 51.9 Å². The lowest BCUT2D eigenvalue weighted by Crippen LogP contribution is -2.37. The van der Waals surface area contributed by atoms with Crippen LogP contribution in [0.15, 0.2) is 6.33 Å². The fraction of sp³-hybridized carbons (Fsp3) is 0.722. The molecule has 0 amide bonds. The van der Waals surface area contributed by atoms with Crippen LogP contribution in [0.4, 0.5) is 11.8 Å². The first-order valence-corrected chi connectivity index (χ1v) is 9.56. The van der Waals surface area contributed by atoms with Crippen LogP contribution in [0.1, 0.15) is 52.0 Å². The van der Waals surface area contributed by atoms with E-state index in [1.807, 2.05) is 6.33 Å². The van der Waals surface area contributed by atoms with Crippen LogP contribution in [0.2, 0.25) is 0 Å². The summed E-state index contributed by atoms with van der Waals surface area (Å²) in [5, 5.41) is 3.59. The van der Waals surface area contributed by atoms with Crippen molar-refractivity contribution in [3.8, 4) is 0 Å². The lowest BCUT2D eigenvalue weighted by atomic mass is 9.96. The fourth-order valence-electron chi connectivity index (χ4n) is 3.77. The molecule has 0 spiro atoms. The minimum atomic E-state index is 0.319. The Bertz CT molecular complexity index is 716. The number of ether oxygens (including phenoxy) is 1.